The molecule has 1 aromatic heterocycles. The number of carbonyl (C=O) groups is 1. The van der Waals surface area contributed by atoms with Crippen LogP contribution in [0.4, 0.5) is 0 Å². The van der Waals surface area contributed by atoms with E-state index in [-0.39, 0.29) is 11.9 Å². The summed E-state index contributed by atoms with van der Waals surface area (Å²) < 4.78 is 0. The first-order valence-electron chi connectivity index (χ1n) is 6.52. The Morgan fingerprint density at radius 2 is 2.26 bits per heavy atom. The molecule has 0 spiro atoms. The summed E-state index contributed by atoms with van der Waals surface area (Å²) in [7, 11) is 0. The van der Waals surface area contributed by atoms with Gasteiger partial charge in [0.25, 0.3) is 5.91 Å². The van der Waals surface area contributed by atoms with Crippen molar-refractivity contribution in [3.8, 4) is 6.07 Å². The molecule has 2 aliphatic rings. The monoisotopic (exact) mass is 275 g/mol. The summed E-state index contributed by atoms with van der Waals surface area (Å²) >= 11 is 6.05. The molecule has 0 radical (unpaired) electrons. The lowest BCUT2D eigenvalue weighted by atomic mass is 9.76. The van der Waals surface area contributed by atoms with Gasteiger partial charge >= 0.3 is 0 Å². The van der Waals surface area contributed by atoms with E-state index in [1.54, 1.807) is 17.2 Å². The van der Waals surface area contributed by atoms with E-state index in [9.17, 15) is 10.1 Å². The van der Waals surface area contributed by atoms with Gasteiger partial charge in [0.1, 0.15) is 5.54 Å². The van der Waals surface area contributed by atoms with Crippen LogP contribution in [0.2, 0.25) is 5.02 Å². The number of aromatic nitrogens is 1. The molecule has 0 aromatic carbocycles. The van der Waals surface area contributed by atoms with Gasteiger partial charge in [-0.15, -0.1) is 0 Å². The molecular weight excluding hydrogens is 262 g/mol. The van der Waals surface area contributed by atoms with Crippen LogP contribution < -0.4 is 0 Å². The van der Waals surface area contributed by atoms with Crippen molar-refractivity contribution in [2.24, 2.45) is 0 Å². The second kappa shape index (κ2) is 4.50. The molecule has 3 rings (SSSR count). The van der Waals surface area contributed by atoms with Crippen LogP contribution in [0.3, 0.4) is 0 Å². The quantitative estimate of drug-likeness (QED) is 0.852. The van der Waals surface area contributed by atoms with E-state index in [4.69, 9.17) is 11.6 Å². The topological polar surface area (TPSA) is 57.0 Å². The highest BCUT2D eigenvalue weighted by Crippen LogP contribution is 2.44. The lowest BCUT2D eigenvalue weighted by Gasteiger charge is -2.45. The van der Waals surface area contributed by atoms with Crippen molar-refractivity contribution in [1.29, 1.82) is 5.26 Å². The molecule has 5 heteroatoms. The molecule has 0 saturated heterocycles. The zero-order valence-corrected chi connectivity index (χ0v) is 11.2. The molecule has 0 atom stereocenters. The molecule has 2 saturated carbocycles. The maximum atomic E-state index is 12.7. The molecule has 2 fully saturated rings. The Kier molecular flexibility index (Phi) is 2.94. The van der Waals surface area contributed by atoms with E-state index in [2.05, 4.69) is 11.1 Å². The first-order valence-corrected chi connectivity index (χ1v) is 6.90. The van der Waals surface area contributed by atoms with Gasteiger partial charge in [0, 0.05) is 18.4 Å². The lowest BCUT2D eigenvalue weighted by Crippen LogP contribution is -2.56. The smallest absolute Gasteiger partial charge is 0.257 e. The standard InChI is InChI=1S/C14H14ClN3O/c15-12-8-17-7-4-11(12)13(19)18(10-2-3-10)14(9-16)5-1-6-14/h4,7-8,10H,1-3,5-6H2. The van der Waals surface area contributed by atoms with Crippen LogP contribution in [-0.4, -0.2) is 27.4 Å². The first kappa shape index (κ1) is 12.4. The number of halogens is 1. The van der Waals surface area contributed by atoms with Crippen molar-refractivity contribution < 1.29 is 4.79 Å². The van der Waals surface area contributed by atoms with Crippen LogP contribution in [0.5, 0.6) is 0 Å². The average molecular weight is 276 g/mol. The third-order valence-corrected chi connectivity index (χ3v) is 4.28. The molecule has 2 aliphatic carbocycles. The minimum Gasteiger partial charge on any atom is -0.317 e. The van der Waals surface area contributed by atoms with Crippen LogP contribution in [0, 0.1) is 11.3 Å². The van der Waals surface area contributed by atoms with Crippen LogP contribution >= 0.6 is 11.6 Å². The van der Waals surface area contributed by atoms with E-state index >= 15 is 0 Å². The molecule has 0 bridgehead atoms. The van der Waals surface area contributed by atoms with E-state index in [0.717, 1.165) is 32.1 Å². The Morgan fingerprint density at radius 1 is 1.53 bits per heavy atom. The number of carbonyl (C=O) groups excluding carboxylic acids is 1. The Labute approximate surface area is 117 Å². The van der Waals surface area contributed by atoms with Gasteiger partial charge in [-0.1, -0.05) is 11.6 Å². The zero-order chi connectivity index (χ0) is 13.5. The molecule has 0 unspecified atom stereocenters. The third kappa shape index (κ3) is 1.98. The largest absolute Gasteiger partial charge is 0.317 e. The molecule has 0 aliphatic heterocycles. The highest BCUT2D eigenvalue weighted by atomic mass is 35.5. The maximum absolute atomic E-state index is 12.7. The highest BCUT2D eigenvalue weighted by molar-refractivity contribution is 6.33. The predicted octanol–water partition coefficient (Wildman–Crippen LogP) is 2.79. The Morgan fingerprint density at radius 3 is 2.74 bits per heavy atom. The van der Waals surface area contributed by atoms with Crippen molar-refractivity contribution in [1.82, 2.24) is 9.88 Å². The summed E-state index contributed by atoms with van der Waals surface area (Å²) in [6, 6.07) is 4.19. The lowest BCUT2D eigenvalue weighted by molar-refractivity contribution is 0.0361. The van der Waals surface area contributed by atoms with Crippen molar-refractivity contribution in [2.45, 2.75) is 43.7 Å². The first-order chi connectivity index (χ1) is 9.18. The van der Waals surface area contributed by atoms with E-state index in [1.165, 1.54) is 6.20 Å². The minimum absolute atomic E-state index is 0.129. The SMILES string of the molecule is N#CC1(N(C(=O)c2ccncc2Cl)C2CC2)CCC1. The maximum Gasteiger partial charge on any atom is 0.257 e. The van der Waals surface area contributed by atoms with Crippen molar-refractivity contribution >= 4 is 17.5 Å². The Balaban J connectivity index is 1.96. The highest BCUT2D eigenvalue weighted by Gasteiger charge is 2.51. The van der Waals surface area contributed by atoms with Gasteiger partial charge in [-0.25, -0.2) is 0 Å². The number of pyridine rings is 1. The van der Waals surface area contributed by atoms with Crippen LogP contribution in [0.25, 0.3) is 0 Å². The average Bonchev–Trinajstić information content (AvgIpc) is 3.17. The fourth-order valence-corrected chi connectivity index (χ4v) is 2.84. The van der Waals surface area contributed by atoms with Gasteiger partial charge in [0.05, 0.1) is 16.7 Å². The Bertz CT molecular complexity index is 558. The van der Waals surface area contributed by atoms with Crippen LogP contribution in [0.1, 0.15) is 42.5 Å². The molecule has 1 heterocycles. The predicted molar refractivity (Wildman–Crippen MR) is 70.6 cm³/mol. The molecule has 1 aromatic rings. The van der Waals surface area contributed by atoms with Gasteiger partial charge in [-0.3, -0.25) is 9.78 Å². The summed E-state index contributed by atoms with van der Waals surface area (Å²) in [6.07, 6.45) is 7.55. The number of rotatable bonds is 3. The number of nitriles is 1. The minimum atomic E-state index is -0.606. The number of nitrogens with zero attached hydrogens (tertiary/aromatic N) is 3. The van der Waals surface area contributed by atoms with Gasteiger partial charge in [-0.2, -0.15) is 5.26 Å². The van der Waals surface area contributed by atoms with E-state index in [0.29, 0.717) is 10.6 Å². The van der Waals surface area contributed by atoms with Gasteiger partial charge in [0.2, 0.25) is 0 Å². The summed E-state index contributed by atoms with van der Waals surface area (Å²) in [6.45, 7) is 0. The normalized spacial score (nSPS) is 20.2. The molecule has 0 N–H and O–H groups in total. The second-order valence-corrected chi connectivity index (χ2v) is 5.67. The van der Waals surface area contributed by atoms with Gasteiger partial charge < -0.3 is 4.90 Å². The molecular formula is C14H14ClN3O. The third-order valence-electron chi connectivity index (χ3n) is 3.98. The van der Waals surface area contributed by atoms with Gasteiger partial charge in [0.15, 0.2) is 0 Å². The van der Waals surface area contributed by atoms with Gasteiger partial charge in [-0.05, 0) is 38.2 Å². The summed E-state index contributed by atoms with van der Waals surface area (Å²) in [4.78, 5) is 18.4. The molecule has 98 valence electrons. The molecule has 1 amide bonds. The molecule has 19 heavy (non-hydrogen) atoms. The zero-order valence-electron chi connectivity index (χ0n) is 10.5. The van der Waals surface area contributed by atoms with Crippen molar-refractivity contribution in [2.75, 3.05) is 0 Å². The van der Waals surface area contributed by atoms with E-state index in [1.807, 2.05) is 0 Å². The summed E-state index contributed by atoms with van der Waals surface area (Å²) in [5.41, 5.74) is -0.157. The summed E-state index contributed by atoms with van der Waals surface area (Å²) in [5, 5.41) is 9.81. The van der Waals surface area contributed by atoms with Crippen LogP contribution in [0.15, 0.2) is 18.5 Å². The van der Waals surface area contributed by atoms with E-state index < -0.39 is 5.54 Å². The van der Waals surface area contributed by atoms with Crippen molar-refractivity contribution in [3.05, 3.63) is 29.0 Å². The number of hydrogen-bond donors (Lipinski definition) is 0. The number of hydrogen-bond acceptors (Lipinski definition) is 3. The Hall–Kier alpha value is -1.60. The molecule has 4 nitrogen and oxygen atoms in total. The van der Waals surface area contributed by atoms with Crippen molar-refractivity contribution in [3.63, 3.8) is 0 Å². The fourth-order valence-electron chi connectivity index (χ4n) is 2.64. The van der Waals surface area contributed by atoms with Crippen LogP contribution in [-0.2, 0) is 0 Å². The number of amides is 1. The second-order valence-electron chi connectivity index (χ2n) is 5.26. The fraction of sp³-hybridized carbons (Fsp3) is 0.500. The summed E-state index contributed by atoms with van der Waals surface area (Å²) in [5.74, 6) is -0.129.